The van der Waals surface area contributed by atoms with Crippen LogP contribution in [0.2, 0.25) is 5.02 Å². The van der Waals surface area contributed by atoms with Crippen LogP contribution in [0.4, 0.5) is 4.39 Å². The van der Waals surface area contributed by atoms with E-state index in [1.165, 1.54) is 6.07 Å². The average Bonchev–Trinajstić information content (AvgIpc) is 2.28. The highest BCUT2D eigenvalue weighted by molar-refractivity contribution is 6.30. The first-order valence-corrected chi connectivity index (χ1v) is 5.95. The van der Waals surface area contributed by atoms with Crippen molar-refractivity contribution >= 4 is 11.6 Å². The SMILES string of the molecule is C[C@@H](c1cc(F)cc(Cl)c1)N1CCNCC1. The maximum absolute atomic E-state index is 13.2. The third-order valence-electron chi connectivity index (χ3n) is 3.07. The predicted molar refractivity (Wildman–Crippen MR) is 64.3 cm³/mol. The third-order valence-corrected chi connectivity index (χ3v) is 3.28. The number of rotatable bonds is 2. The monoisotopic (exact) mass is 242 g/mol. The molecule has 1 saturated heterocycles. The van der Waals surface area contributed by atoms with Crippen LogP contribution >= 0.6 is 11.6 Å². The highest BCUT2D eigenvalue weighted by Crippen LogP contribution is 2.24. The molecule has 0 amide bonds. The minimum Gasteiger partial charge on any atom is -0.314 e. The Morgan fingerprint density at radius 3 is 2.62 bits per heavy atom. The van der Waals surface area contributed by atoms with Crippen molar-refractivity contribution in [3.63, 3.8) is 0 Å². The molecule has 1 atom stereocenters. The molecule has 0 aliphatic carbocycles. The summed E-state index contributed by atoms with van der Waals surface area (Å²) in [6, 6.07) is 4.97. The number of nitrogens with zero attached hydrogens (tertiary/aromatic N) is 1. The maximum Gasteiger partial charge on any atom is 0.125 e. The van der Waals surface area contributed by atoms with Crippen LogP contribution in [0.3, 0.4) is 0 Å². The fourth-order valence-corrected chi connectivity index (χ4v) is 2.33. The summed E-state index contributed by atoms with van der Waals surface area (Å²) in [5.41, 5.74) is 0.951. The van der Waals surface area contributed by atoms with E-state index in [0.29, 0.717) is 5.02 Å². The van der Waals surface area contributed by atoms with Crippen molar-refractivity contribution in [1.29, 1.82) is 0 Å². The quantitative estimate of drug-likeness (QED) is 0.857. The van der Waals surface area contributed by atoms with Gasteiger partial charge in [-0.05, 0) is 30.7 Å². The molecule has 0 unspecified atom stereocenters. The molecule has 4 heteroatoms. The van der Waals surface area contributed by atoms with Crippen molar-refractivity contribution in [1.82, 2.24) is 10.2 Å². The van der Waals surface area contributed by atoms with Crippen molar-refractivity contribution in [2.75, 3.05) is 26.2 Å². The first kappa shape index (κ1) is 11.8. The zero-order valence-electron chi connectivity index (χ0n) is 9.34. The predicted octanol–water partition coefficient (Wildman–Crippen LogP) is 2.45. The van der Waals surface area contributed by atoms with Gasteiger partial charge in [-0.1, -0.05) is 11.6 Å². The smallest absolute Gasteiger partial charge is 0.125 e. The molecule has 88 valence electrons. The van der Waals surface area contributed by atoms with Crippen molar-refractivity contribution in [3.8, 4) is 0 Å². The molecule has 1 N–H and O–H groups in total. The molecule has 2 nitrogen and oxygen atoms in total. The minimum absolute atomic E-state index is 0.218. The van der Waals surface area contributed by atoms with E-state index in [2.05, 4.69) is 17.1 Å². The Balaban J connectivity index is 2.15. The largest absolute Gasteiger partial charge is 0.314 e. The second kappa shape index (κ2) is 5.13. The van der Waals surface area contributed by atoms with E-state index in [1.807, 2.05) is 6.07 Å². The Morgan fingerprint density at radius 1 is 1.31 bits per heavy atom. The van der Waals surface area contributed by atoms with Crippen LogP contribution in [-0.4, -0.2) is 31.1 Å². The third kappa shape index (κ3) is 2.73. The lowest BCUT2D eigenvalue weighted by Gasteiger charge is -2.33. The van der Waals surface area contributed by atoms with E-state index in [0.717, 1.165) is 31.7 Å². The fraction of sp³-hybridized carbons (Fsp3) is 0.500. The maximum atomic E-state index is 13.2. The highest BCUT2D eigenvalue weighted by atomic mass is 35.5. The Hall–Kier alpha value is -0.640. The molecule has 2 rings (SSSR count). The molecule has 0 spiro atoms. The van der Waals surface area contributed by atoms with Crippen molar-refractivity contribution < 1.29 is 4.39 Å². The Bertz CT molecular complexity index is 344. The summed E-state index contributed by atoms with van der Waals surface area (Å²) in [6.45, 7) is 6.07. The van der Waals surface area contributed by atoms with Crippen molar-refractivity contribution in [3.05, 3.63) is 34.6 Å². The van der Waals surface area contributed by atoms with Gasteiger partial charge in [0.25, 0.3) is 0 Å². The van der Waals surface area contributed by atoms with Gasteiger partial charge in [0.2, 0.25) is 0 Å². The topological polar surface area (TPSA) is 15.3 Å². The van der Waals surface area contributed by atoms with Gasteiger partial charge < -0.3 is 5.32 Å². The van der Waals surface area contributed by atoms with E-state index >= 15 is 0 Å². The molecule has 1 aliphatic heterocycles. The van der Waals surface area contributed by atoms with Gasteiger partial charge in [-0.15, -0.1) is 0 Å². The zero-order valence-corrected chi connectivity index (χ0v) is 10.1. The van der Waals surface area contributed by atoms with Gasteiger partial charge >= 0.3 is 0 Å². The Morgan fingerprint density at radius 2 is 2.00 bits per heavy atom. The molecule has 1 aliphatic rings. The molecular formula is C12H16ClFN2. The van der Waals surface area contributed by atoms with Crippen LogP contribution in [0, 0.1) is 5.82 Å². The molecule has 0 saturated carbocycles. The summed E-state index contributed by atoms with van der Waals surface area (Å²) in [5.74, 6) is -0.260. The van der Waals surface area contributed by atoms with Crippen LogP contribution in [0.25, 0.3) is 0 Å². The van der Waals surface area contributed by atoms with Gasteiger partial charge in [-0.2, -0.15) is 0 Å². The first-order valence-electron chi connectivity index (χ1n) is 5.57. The van der Waals surface area contributed by atoms with Crippen molar-refractivity contribution in [2.24, 2.45) is 0 Å². The van der Waals surface area contributed by atoms with Gasteiger partial charge in [-0.3, -0.25) is 4.90 Å². The summed E-state index contributed by atoms with van der Waals surface area (Å²) in [4.78, 5) is 2.33. The number of benzene rings is 1. The number of hydrogen-bond donors (Lipinski definition) is 1. The fourth-order valence-electron chi connectivity index (χ4n) is 2.10. The number of piperazine rings is 1. The lowest BCUT2D eigenvalue weighted by Crippen LogP contribution is -2.44. The molecule has 1 fully saturated rings. The second-order valence-electron chi connectivity index (χ2n) is 4.16. The molecule has 1 aromatic carbocycles. The van der Waals surface area contributed by atoms with Crippen LogP contribution in [0.1, 0.15) is 18.5 Å². The van der Waals surface area contributed by atoms with Crippen LogP contribution in [0.15, 0.2) is 18.2 Å². The van der Waals surface area contributed by atoms with Gasteiger partial charge in [0.15, 0.2) is 0 Å². The van der Waals surface area contributed by atoms with Gasteiger partial charge in [0.05, 0.1) is 0 Å². The molecule has 0 radical (unpaired) electrons. The Labute approximate surface area is 100 Å². The van der Waals surface area contributed by atoms with E-state index < -0.39 is 0 Å². The van der Waals surface area contributed by atoms with Gasteiger partial charge in [-0.25, -0.2) is 4.39 Å². The molecule has 16 heavy (non-hydrogen) atoms. The lowest BCUT2D eigenvalue weighted by atomic mass is 10.1. The number of nitrogens with one attached hydrogen (secondary N) is 1. The van der Waals surface area contributed by atoms with Gasteiger partial charge in [0.1, 0.15) is 5.82 Å². The highest BCUT2D eigenvalue weighted by Gasteiger charge is 2.18. The zero-order chi connectivity index (χ0) is 11.5. The molecule has 0 aromatic heterocycles. The number of halogens is 2. The summed E-state index contributed by atoms with van der Waals surface area (Å²) in [7, 11) is 0. The summed E-state index contributed by atoms with van der Waals surface area (Å²) < 4.78 is 13.2. The normalized spacial score (nSPS) is 19.7. The van der Waals surface area contributed by atoms with Gasteiger partial charge in [0, 0.05) is 37.2 Å². The van der Waals surface area contributed by atoms with E-state index in [1.54, 1.807) is 6.07 Å². The first-order chi connectivity index (χ1) is 7.66. The van der Waals surface area contributed by atoms with Crippen LogP contribution < -0.4 is 5.32 Å². The van der Waals surface area contributed by atoms with Crippen LogP contribution in [0.5, 0.6) is 0 Å². The second-order valence-corrected chi connectivity index (χ2v) is 4.60. The van der Waals surface area contributed by atoms with Crippen LogP contribution in [-0.2, 0) is 0 Å². The molecule has 1 aromatic rings. The van der Waals surface area contributed by atoms with E-state index in [9.17, 15) is 4.39 Å². The summed E-state index contributed by atoms with van der Waals surface area (Å²) >= 11 is 5.86. The molecule has 0 bridgehead atoms. The summed E-state index contributed by atoms with van der Waals surface area (Å²) in [5, 5.41) is 3.77. The van der Waals surface area contributed by atoms with E-state index in [-0.39, 0.29) is 11.9 Å². The number of hydrogen-bond acceptors (Lipinski definition) is 2. The van der Waals surface area contributed by atoms with E-state index in [4.69, 9.17) is 11.6 Å². The molecular weight excluding hydrogens is 227 g/mol. The Kier molecular flexibility index (Phi) is 3.79. The standard InChI is InChI=1S/C12H16ClFN2/c1-9(16-4-2-15-3-5-16)10-6-11(13)8-12(14)7-10/h6-9,15H,2-5H2,1H3/t9-/m0/s1. The van der Waals surface area contributed by atoms with Crippen molar-refractivity contribution in [2.45, 2.75) is 13.0 Å². The average molecular weight is 243 g/mol. The minimum atomic E-state index is -0.260. The summed E-state index contributed by atoms with van der Waals surface area (Å²) in [6.07, 6.45) is 0. The molecule has 1 heterocycles. The lowest BCUT2D eigenvalue weighted by molar-refractivity contribution is 0.185.